The van der Waals surface area contributed by atoms with Gasteiger partial charge >= 0.3 is 0 Å². The Morgan fingerprint density at radius 2 is 1.56 bits per heavy atom. The molecule has 1 aromatic heterocycles. The molecule has 0 aliphatic heterocycles. The molecule has 0 aliphatic carbocycles. The van der Waals surface area contributed by atoms with Gasteiger partial charge in [0.2, 0.25) is 11.8 Å². The normalized spacial score (nSPS) is 11.2. The highest BCUT2D eigenvalue weighted by Crippen LogP contribution is 2.30. The van der Waals surface area contributed by atoms with E-state index in [2.05, 4.69) is 14.7 Å². The number of nitrogens with one attached hydrogen (secondary N) is 1. The van der Waals surface area contributed by atoms with Gasteiger partial charge in [-0.15, -0.1) is 0 Å². The predicted octanol–water partition coefficient (Wildman–Crippen LogP) is 4.94. The second kappa shape index (κ2) is 8.68. The van der Waals surface area contributed by atoms with Crippen LogP contribution in [0.4, 0.5) is 11.6 Å². The van der Waals surface area contributed by atoms with Crippen molar-refractivity contribution in [1.29, 1.82) is 0 Å². The van der Waals surface area contributed by atoms with Crippen molar-refractivity contribution in [3.63, 3.8) is 0 Å². The largest absolute Gasteiger partial charge is 0.439 e. The molecule has 7 nitrogen and oxygen atoms in total. The van der Waals surface area contributed by atoms with E-state index in [0.29, 0.717) is 17.1 Å². The fourth-order valence-corrected chi connectivity index (χ4v) is 4.16. The van der Waals surface area contributed by atoms with Crippen LogP contribution in [0.1, 0.15) is 11.1 Å². The van der Waals surface area contributed by atoms with Crippen molar-refractivity contribution in [2.24, 2.45) is 0 Å². The third-order valence-corrected chi connectivity index (χ3v) is 6.15. The van der Waals surface area contributed by atoms with E-state index >= 15 is 0 Å². The van der Waals surface area contributed by atoms with Gasteiger partial charge in [0.1, 0.15) is 5.75 Å². The fraction of sp³-hybridized carbons (Fsp3) is 0.0833. The fourth-order valence-electron chi connectivity index (χ4n) is 3.17. The molecule has 0 unspecified atom stereocenters. The number of nitrogen functional groups attached to an aromatic ring is 1. The summed E-state index contributed by atoms with van der Waals surface area (Å²) >= 11 is 0. The number of benzene rings is 3. The monoisotopic (exact) mass is 446 g/mol. The van der Waals surface area contributed by atoms with E-state index in [0.717, 1.165) is 16.7 Å². The second-order valence-corrected chi connectivity index (χ2v) is 8.96. The molecule has 0 fully saturated rings. The molecule has 3 N–H and O–H groups in total. The second-order valence-electron chi connectivity index (χ2n) is 7.28. The number of rotatable bonds is 6. The van der Waals surface area contributed by atoms with Crippen LogP contribution in [0.5, 0.6) is 11.6 Å². The molecule has 0 aliphatic rings. The lowest BCUT2D eigenvalue weighted by molar-refractivity contribution is 0.459. The molecular formula is C24H22N4O3S. The Hall–Kier alpha value is -3.91. The van der Waals surface area contributed by atoms with Crippen molar-refractivity contribution in [1.82, 2.24) is 9.97 Å². The van der Waals surface area contributed by atoms with Crippen molar-refractivity contribution < 1.29 is 13.2 Å². The van der Waals surface area contributed by atoms with Gasteiger partial charge in [0, 0.05) is 17.3 Å². The van der Waals surface area contributed by atoms with Crippen molar-refractivity contribution in [3.8, 4) is 22.9 Å². The summed E-state index contributed by atoms with van der Waals surface area (Å²) in [5.74, 6) is 0.737. The van der Waals surface area contributed by atoms with E-state index in [1.165, 1.54) is 12.1 Å². The maximum atomic E-state index is 12.9. The summed E-state index contributed by atoms with van der Waals surface area (Å²) in [5, 5.41) is 0. The first kappa shape index (κ1) is 21.3. The number of sulfonamides is 1. The Labute approximate surface area is 187 Å². The molecule has 0 bridgehead atoms. The third-order valence-electron chi connectivity index (χ3n) is 4.83. The smallest absolute Gasteiger partial charge is 0.264 e. The van der Waals surface area contributed by atoms with Gasteiger partial charge in [-0.1, -0.05) is 48.5 Å². The number of hydrogen-bond acceptors (Lipinski definition) is 6. The molecule has 0 radical (unpaired) electrons. The van der Waals surface area contributed by atoms with Crippen LogP contribution in [0.2, 0.25) is 0 Å². The Morgan fingerprint density at radius 3 is 2.28 bits per heavy atom. The molecule has 0 saturated heterocycles. The average molecular weight is 447 g/mol. The van der Waals surface area contributed by atoms with Crippen molar-refractivity contribution in [3.05, 3.63) is 90.0 Å². The van der Waals surface area contributed by atoms with E-state index in [1.807, 2.05) is 62.4 Å². The zero-order valence-corrected chi connectivity index (χ0v) is 18.4. The van der Waals surface area contributed by atoms with Gasteiger partial charge in [-0.3, -0.25) is 0 Å². The third kappa shape index (κ3) is 4.70. The zero-order chi connectivity index (χ0) is 22.7. The van der Waals surface area contributed by atoms with Gasteiger partial charge < -0.3 is 10.5 Å². The summed E-state index contributed by atoms with van der Waals surface area (Å²) in [5.41, 5.74) is 9.37. The highest BCUT2D eigenvalue weighted by atomic mass is 32.2. The molecule has 4 rings (SSSR count). The Balaban J connectivity index is 1.78. The number of anilines is 2. The number of para-hydroxylation sites is 1. The molecular weight excluding hydrogens is 424 g/mol. The average Bonchev–Trinajstić information content (AvgIpc) is 2.75. The van der Waals surface area contributed by atoms with E-state index in [9.17, 15) is 8.42 Å². The van der Waals surface area contributed by atoms with E-state index in [4.69, 9.17) is 10.5 Å². The first-order valence-corrected chi connectivity index (χ1v) is 11.4. The molecule has 8 heteroatoms. The maximum Gasteiger partial charge on any atom is 0.264 e. The first-order valence-electron chi connectivity index (χ1n) is 9.89. The molecule has 1 heterocycles. The minimum atomic E-state index is -3.95. The molecule has 0 atom stereocenters. The molecule has 162 valence electrons. The van der Waals surface area contributed by atoms with Gasteiger partial charge in [0.25, 0.3) is 10.0 Å². The molecule has 0 spiro atoms. The van der Waals surface area contributed by atoms with E-state index < -0.39 is 10.0 Å². The summed E-state index contributed by atoms with van der Waals surface area (Å²) < 4.78 is 34.2. The Morgan fingerprint density at radius 1 is 0.844 bits per heavy atom. The van der Waals surface area contributed by atoms with Gasteiger partial charge in [0.05, 0.1) is 10.6 Å². The predicted molar refractivity (Wildman–Crippen MR) is 125 cm³/mol. The number of aromatic nitrogens is 2. The van der Waals surface area contributed by atoms with Crippen LogP contribution >= 0.6 is 0 Å². The standard InChI is InChI=1S/C24H22N4O3S/c1-16-8-3-5-12-20(16)21-15-23(31-22-13-6-4-9-17(22)2)27-24(26-21)28-32(29,30)19-11-7-10-18(25)14-19/h3-15H,25H2,1-2H3,(H,26,27,28). The molecule has 3 aromatic carbocycles. The summed E-state index contributed by atoms with van der Waals surface area (Å²) in [7, 11) is -3.95. The summed E-state index contributed by atoms with van der Waals surface area (Å²) in [6.07, 6.45) is 0. The molecule has 32 heavy (non-hydrogen) atoms. The summed E-state index contributed by atoms with van der Waals surface area (Å²) in [4.78, 5) is 8.77. The minimum absolute atomic E-state index is 0.0174. The summed E-state index contributed by atoms with van der Waals surface area (Å²) in [6, 6.07) is 22.9. The quantitative estimate of drug-likeness (QED) is 0.407. The summed E-state index contributed by atoms with van der Waals surface area (Å²) in [6.45, 7) is 3.87. The molecule has 4 aromatic rings. The highest BCUT2D eigenvalue weighted by Gasteiger charge is 2.18. The van der Waals surface area contributed by atoms with Crippen LogP contribution in [0.15, 0.2) is 83.8 Å². The van der Waals surface area contributed by atoms with Gasteiger partial charge in [-0.05, 0) is 49.2 Å². The van der Waals surface area contributed by atoms with Crippen LogP contribution in [-0.4, -0.2) is 18.4 Å². The highest BCUT2D eigenvalue weighted by molar-refractivity contribution is 7.92. The van der Waals surface area contributed by atoms with Crippen LogP contribution in [0.25, 0.3) is 11.3 Å². The minimum Gasteiger partial charge on any atom is -0.439 e. The number of ether oxygens (including phenoxy) is 1. The van der Waals surface area contributed by atoms with Crippen LogP contribution in [0.3, 0.4) is 0 Å². The number of nitrogens with two attached hydrogens (primary N) is 1. The lowest BCUT2D eigenvalue weighted by atomic mass is 10.1. The van der Waals surface area contributed by atoms with Crippen molar-refractivity contribution in [2.45, 2.75) is 18.7 Å². The van der Waals surface area contributed by atoms with Crippen LogP contribution < -0.4 is 15.2 Å². The molecule has 0 saturated carbocycles. The van der Waals surface area contributed by atoms with Gasteiger partial charge in [-0.2, -0.15) is 4.98 Å². The maximum absolute atomic E-state index is 12.9. The first-order chi connectivity index (χ1) is 15.3. The van der Waals surface area contributed by atoms with Crippen LogP contribution in [0, 0.1) is 13.8 Å². The van der Waals surface area contributed by atoms with E-state index in [1.54, 1.807) is 18.2 Å². The Kier molecular flexibility index (Phi) is 5.79. The number of nitrogens with zero attached hydrogens (tertiary/aromatic N) is 2. The number of hydrogen-bond donors (Lipinski definition) is 2. The van der Waals surface area contributed by atoms with Crippen molar-refractivity contribution >= 4 is 21.7 Å². The SMILES string of the molecule is Cc1ccccc1Oc1cc(-c2ccccc2C)nc(NS(=O)(=O)c2cccc(N)c2)n1. The topological polar surface area (TPSA) is 107 Å². The zero-order valence-electron chi connectivity index (χ0n) is 17.6. The van der Waals surface area contributed by atoms with Crippen molar-refractivity contribution in [2.75, 3.05) is 10.5 Å². The van der Waals surface area contributed by atoms with E-state index in [-0.39, 0.29) is 16.7 Å². The van der Waals surface area contributed by atoms with Gasteiger partial charge in [-0.25, -0.2) is 18.1 Å². The lowest BCUT2D eigenvalue weighted by Crippen LogP contribution is -2.15. The lowest BCUT2D eigenvalue weighted by Gasteiger charge is -2.13. The van der Waals surface area contributed by atoms with Crippen LogP contribution in [-0.2, 0) is 10.0 Å². The van der Waals surface area contributed by atoms with Gasteiger partial charge in [0.15, 0.2) is 0 Å². The Bertz CT molecular complexity index is 1390. The number of aryl methyl sites for hydroxylation is 2. The molecule has 0 amide bonds.